The second-order valence-electron chi connectivity index (χ2n) is 7.26. The van der Waals surface area contributed by atoms with Gasteiger partial charge in [-0.05, 0) is 50.5 Å². The van der Waals surface area contributed by atoms with Crippen LogP contribution in [0.2, 0.25) is 0 Å². The molecular formula is C21H22N4O3. The van der Waals surface area contributed by atoms with Crippen LogP contribution in [0.1, 0.15) is 53.3 Å². The lowest BCUT2D eigenvalue weighted by atomic mass is 10.1. The highest BCUT2D eigenvalue weighted by Crippen LogP contribution is 2.31. The second-order valence-corrected chi connectivity index (χ2v) is 7.26. The Morgan fingerprint density at radius 2 is 1.89 bits per heavy atom. The quantitative estimate of drug-likeness (QED) is 0.713. The lowest BCUT2D eigenvalue weighted by Gasteiger charge is -2.18. The van der Waals surface area contributed by atoms with E-state index in [1.807, 2.05) is 6.92 Å². The Bertz CT molecular complexity index is 1130. The average molecular weight is 378 g/mol. The fourth-order valence-electron chi connectivity index (χ4n) is 3.98. The molecule has 0 atom stereocenters. The maximum atomic E-state index is 12.6. The Labute approximate surface area is 162 Å². The van der Waals surface area contributed by atoms with Crippen LogP contribution in [-0.2, 0) is 0 Å². The minimum absolute atomic E-state index is 0.0486. The standard InChI is InChI=1S/C21H22N4O3/c1-12-15(20(27)28)8-5-9-17(12)23-21-22-13(2)16-10-11-18(26)25(19(16)24-21)14-6-3-4-7-14/h5,8-11,14H,3-4,6-7H2,1-2H3,(H,27,28)(H,22,23,24). The van der Waals surface area contributed by atoms with Crippen molar-refractivity contribution in [2.75, 3.05) is 5.32 Å². The molecule has 0 spiro atoms. The van der Waals surface area contributed by atoms with Gasteiger partial charge in [-0.25, -0.2) is 9.78 Å². The van der Waals surface area contributed by atoms with E-state index >= 15 is 0 Å². The number of fused-ring (bicyclic) bond motifs is 1. The maximum absolute atomic E-state index is 12.6. The molecule has 2 aromatic heterocycles. The normalized spacial score (nSPS) is 14.5. The summed E-state index contributed by atoms with van der Waals surface area (Å²) in [6, 6.07) is 8.56. The number of pyridine rings is 1. The van der Waals surface area contributed by atoms with Gasteiger partial charge in [0.25, 0.3) is 5.56 Å². The van der Waals surface area contributed by atoms with E-state index in [0.29, 0.717) is 22.8 Å². The molecule has 3 aromatic rings. The summed E-state index contributed by atoms with van der Waals surface area (Å²) in [5.41, 5.74) is 2.81. The van der Waals surface area contributed by atoms with Crippen molar-refractivity contribution in [3.05, 3.63) is 57.5 Å². The van der Waals surface area contributed by atoms with E-state index in [4.69, 9.17) is 0 Å². The number of hydrogen-bond donors (Lipinski definition) is 2. The van der Waals surface area contributed by atoms with Gasteiger partial charge in [-0.2, -0.15) is 4.98 Å². The van der Waals surface area contributed by atoms with E-state index in [9.17, 15) is 14.7 Å². The highest BCUT2D eigenvalue weighted by Gasteiger charge is 2.21. The number of benzene rings is 1. The number of carboxylic acid groups (broad SMARTS) is 1. The van der Waals surface area contributed by atoms with Gasteiger partial charge in [0.2, 0.25) is 5.95 Å². The van der Waals surface area contributed by atoms with E-state index in [0.717, 1.165) is 36.8 Å². The average Bonchev–Trinajstić information content (AvgIpc) is 3.17. The number of aryl methyl sites for hydroxylation is 1. The van der Waals surface area contributed by atoms with Gasteiger partial charge in [0.05, 0.1) is 11.3 Å². The van der Waals surface area contributed by atoms with Crippen LogP contribution in [0.4, 0.5) is 11.6 Å². The fourth-order valence-corrected chi connectivity index (χ4v) is 3.98. The van der Waals surface area contributed by atoms with E-state index in [-0.39, 0.29) is 17.2 Å². The van der Waals surface area contributed by atoms with Crippen molar-refractivity contribution in [2.45, 2.75) is 45.6 Å². The smallest absolute Gasteiger partial charge is 0.336 e. The summed E-state index contributed by atoms with van der Waals surface area (Å²) in [7, 11) is 0. The largest absolute Gasteiger partial charge is 0.478 e. The molecule has 144 valence electrons. The molecule has 0 bridgehead atoms. The van der Waals surface area contributed by atoms with Gasteiger partial charge in [0.15, 0.2) is 0 Å². The third kappa shape index (κ3) is 3.13. The summed E-state index contributed by atoms with van der Waals surface area (Å²) in [6.07, 6.45) is 4.18. The second kappa shape index (κ2) is 7.07. The first kappa shape index (κ1) is 18.2. The van der Waals surface area contributed by atoms with Crippen LogP contribution in [-0.4, -0.2) is 25.6 Å². The number of aromatic nitrogens is 3. The lowest BCUT2D eigenvalue weighted by Crippen LogP contribution is -2.24. The molecule has 2 N–H and O–H groups in total. The number of carboxylic acids is 1. The van der Waals surface area contributed by atoms with Crippen LogP contribution in [0.25, 0.3) is 11.0 Å². The molecule has 7 nitrogen and oxygen atoms in total. The summed E-state index contributed by atoms with van der Waals surface area (Å²) < 4.78 is 1.79. The minimum atomic E-state index is -0.980. The zero-order valence-electron chi connectivity index (χ0n) is 15.9. The molecule has 7 heteroatoms. The Morgan fingerprint density at radius 3 is 2.61 bits per heavy atom. The summed E-state index contributed by atoms with van der Waals surface area (Å²) in [5.74, 6) is -0.625. The minimum Gasteiger partial charge on any atom is -0.478 e. The molecule has 1 aliphatic carbocycles. The molecule has 0 radical (unpaired) electrons. The van der Waals surface area contributed by atoms with Gasteiger partial charge >= 0.3 is 5.97 Å². The molecule has 0 saturated heterocycles. The third-order valence-electron chi connectivity index (χ3n) is 5.47. The Hall–Kier alpha value is -3.22. The predicted octanol–water partition coefficient (Wildman–Crippen LogP) is 3.97. The van der Waals surface area contributed by atoms with Gasteiger partial charge < -0.3 is 10.4 Å². The number of anilines is 2. The fraction of sp³-hybridized carbons (Fsp3) is 0.333. The van der Waals surface area contributed by atoms with Crippen molar-refractivity contribution in [2.24, 2.45) is 0 Å². The van der Waals surface area contributed by atoms with Gasteiger partial charge in [-0.15, -0.1) is 0 Å². The Balaban J connectivity index is 1.83. The first-order chi connectivity index (χ1) is 13.5. The van der Waals surface area contributed by atoms with Crippen LogP contribution >= 0.6 is 0 Å². The number of nitrogens with one attached hydrogen (secondary N) is 1. The van der Waals surface area contributed by atoms with Crippen molar-refractivity contribution in [1.29, 1.82) is 0 Å². The first-order valence-corrected chi connectivity index (χ1v) is 9.45. The molecule has 1 saturated carbocycles. The van der Waals surface area contributed by atoms with Gasteiger partial charge in [-0.3, -0.25) is 9.36 Å². The predicted molar refractivity (Wildman–Crippen MR) is 107 cm³/mol. The van der Waals surface area contributed by atoms with Crippen LogP contribution in [0.3, 0.4) is 0 Å². The zero-order chi connectivity index (χ0) is 19.8. The monoisotopic (exact) mass is 378 g/mol. The molecule has 1 fully saturated rings. The van der Waals surface area contributed by atoms with Crippen LogP contribution < -0.4 is 10.9 Å². The van der Waals surface area contributed by atoms with Crippen molar-refractivity contribution < 1.29 is 9.90 Å². The topological polar surface area (TPSA) is 97.1 Å². The number of rotatable bonds is 4. The summed E-state index contributed by atoms with van der Waals surface area (Å²) in [4.78, 5) is 33.1. The lowest BCUT2D eigenvalue weighted by molar-refractivity contribution is 0.0696. The molecule has 0 aliphatic heterocycles. The van der Waals surface area contributed by atoms with E-state index < -0.39 is 5.97 Å². The summed E-state index contributed by atoms with van der Waals surface area (Å²) in [6.45, 7) is 3.63. The number of hydrogen-bond acceptors (Lipinski definition) is 5. The van der Waals surface area contributed by atoms with E-state index in [1.54, 1.807) is 41.8 Å². The van der Waals surface area contributed by atoms with E-state index in [2.05, 4.69) is 15.3 Å². The zero-order valence-corrected chi connectivity index (χ0v) is 15.9. The van der Waals surface area contributed by atoms with Crippen LogP contribution in [0.15, 0.2) is 35.1 Å². The highest BCUT2D eigenvalue weighted by atomic mass is 16.4. The molecule has 2 heterocycles. The third-order valence-corrected chi connectivity index (χ3v) is 5.47. The number of nitrogens with zero attached hydrogens (tertiary/aromatic N) is 3. The molecule has 4 rings (SSSR count). The van der Waals surface area contributed by atoms with Gasteiger partial charge in [0.1, 0.15) is 5.65 Å². The molecule has 0 unspecified atom stereocenters. The SMILES string of the molecule is Cc1c(Nc2nc(C)c3ccc(=O)n(C4CCCC4)c3n2)cccc1C(=O)O. The van der Waals surface area contributed by atoms with Crippen LogP contribution in [0.5, 0.6) is 0 Å². The van der Waals surface area contributed by atoms with Crippen LogP contribution in [0, 0.1) is 13.8 Å². The van der Waals surface area contributed by atoms with E-state index in [1.165, 1.54) is 0 Å². The Morgan fingerprint density at radius 1 is 1.14 bits per heavy atom. The Kier molecular flexibility index (Phi) is 4.58. The van der Waals surface area contributed by atoms with Gasteiger partial charge in [-0.1, -0.05) is 18.9 Å². The first-order valence-electron chi connectivity index (χ1n) is 9.45. The highest BCUT2D eigenvalue weighted by molar-refractivity contribution is 5.91. The number of carbonyl (C=O) groups is 1. The summed E-state index contributed by atoms with van der Waals surface area (Å²) in [5, 5.41) is 13.3. The van der Waals surface area contributed by atoms with Crippen molar-refractivity contribution in [3.63, 3.8) is 0 Å². The summed E-state index contributed by atoms with van der Waals surface area (Å²) >= 11 is 0. The van der Waals surface area contributed by atoms with Gasteiger partial charge in [0, 0.05) is 23.2 Å². The molecular weight excluding hydrogens is 356 g/mol. The molecule has 28 heavy (non-hydrogen) atoms. The van der Waals surface area contributed by atoms with Crippen molar-refractivity contribution >= 4 is 28.6 Å². The maximum Gasteiger partial charge on any atom is 0.336 e. The molecule has 0 amide bonds. The number of aromatic carboxylic acids is 1. The molecule has 1 aromatic carbocycles. The van der Waals surface area contributed by atoms with Crippen molar-refractivity contribution in [3.8, 4) is 0 Å². The van der Waals surface area contributed by atoms with Crippen molar-refractivity contribution in [1.82, 2.24) is 14.5 Å². The molecule has 1 aliphatic rings.